The van der Waals surface area contributed by atoms with Gasteiger partial charge in [0.2, 0.25) is 0 Å². The molecule has 0 unspecified atom stereocenters. The number of benzene rings is 2. The fourth-order valence-corrected chi connectivity index (χ4v) is 3.11. The van der Waals surface area contributed by atoms with Crippen molar-refractivity contribution in [2.75, 3.05) is 36.5 Å². The van der Waals surface area contributed by atoms with E-state index in [4.69, 9.17) is 4.74 Å². The van der Waals surface area contributed by atoms with Gasteiger partial charge in [0.1, 0.15) is 5.69 Å². The molecular formula is C19H15F6N3O4. The van der Waals surface area contributed by atoms with Crippen LogP contribution in [0.15, 0.2) is 36.4 Å². The van der Waals surface area contributed by atoms with Gasteiger partial charge < -0.3 is 15.0 Å². The Kier molecular flexibility index (Phi) is 6.30. The summed E-state index contributed by atoms with van der Waals surface area (Å²) in [6.07, 6.45) is -10.2. The first-order valence-electron chi connectivity index (χ1n) is 9.08. The molecule has 1 fully saturated rings. The average molecular weight is 463 g/mol. The number of nitro benzene ring substituents is 1. The van der Waals surface area contributed by atoms with Crippen LogP contribution in [-0.2, 0) is 17.1 Å². The highest BCUT2D eigenvalue weighted by Gasteiger charge is 2.37. The van der Waals surface area contributed by atoms with E-state index >= 15 is 0 Å². The monoisotopic (exact) mass is 463 g/mol. The van der Waals surface area contributed by atoms with Crippen LogP contribution in [-0.4, -0.2) is 37.1 Å². The standard InChI is InChI=1S/C19H15F6N3O4/c20-18(21,22)12-8-13(19(23,24)25)10-14(9-12)26-17(29)11-1-2-15(16(7-11)28(30)31)27-3-5-32-6-4-27/h1-2,7-10H,3-6H2,(H,26,29). The summed E-state index contributed by atoms with van der Waals surface area (Å²) < 4.78 is 83.1. The number of hydrogen-bond donors (Lipinski definition) is 1. The number of ether oxygens (including phenoxy) is 1. The molecule has 1 heterocycles. The Bertz CT molecular complexity index is 1000. The zero-order valence-corrected chi connectivity index (χ0v) is 16.1. The number of nitrogens with zero attached hydrogens (tertiary/aromatic N) is 2. The normalized spacial score (nSPS) is 14.9. The van der Waals surface area contributed by atoms with Gasteiger partial charge in [0.05, 0.1) is 29.3 Å². The maximum Gasteiger partial charge on any atom is 0.416 e. The molecule has 13 heteroatoms. The van der Waals surface area contributed by atoms with E-state index < -0.39 is 45.7 Å². The summed E-state index contributed by atoms with van der Waals surface area (Å²) in [6.45, 7) is 1.43. The lowest BCUT2D eigenvalue weighted by Crippen LogP contribution is -2.36. The third-order valence-corrected chi connectivity index (χ3v) is 4.63. The molecule has 32 heavy (non-hydrogen) atoms. The van der Waals surface area contributed by atoms with Crippen molar-refractivity contribution >= 4 is 23.0 Å². The average Bonchev–Trinajstić information content (AvgIpc) is 2.72. The SMILES string of the molecule is O=C(Nc1cc(C(F)(F)F)cc(C(F)(F)F)c1)c1ccc(N2CCOCC2)c([N+](=O)[O-])c1. The molecule has 2 aromatic carbocycles. The van der Waals surface area contributed by atoms with Gasteiger partial charge in [-0.3, -0.25) is 14.9 Å². The van der Waals surface area contributed by atoms with Crippen molar-refractivity contribution in [1.82, 2.24) is 0 Å². The molecular weight excluding hydrogens is 448 g/mol. The van der Waals surface area contributed by atoms with Gasteiger partial charge in [0, 0.05) is 30.4 Å². The minimum absolute atomic E-state index is 0.0718. The number of alkyl halides is 6. The highest BCUT2D eigenvalue weighted by molar-refractivity contribution is 6.05. The maximum atomic E-state index is 13.0. The summed E-state index contributed by atoms with van der Waals surface area (Å²) >= 11 is 0. The first-order chi connectivity index (χ1) is 14.9. The number of hydrogen-bond acceptors (Lipinski definition) is 5. The van der Waals surface area contributed by atoms with Crippen molar-refractivity contribution in [3.05, 3.63) is 63.2 Å². The van der Waals surface area contributed by atoms with Crippen LogP contribution in [0, 0.1) is 10.1 Å². The second-order valence-electron chi connectivity index (χ2n) is 6.81. The zero-order chi connectivity index (χ0) is 23.7. The largest absolute Gasteiger partial charge is 0.416 e. The third kappa shape index (κ3) is 5.28. The number of morpholine rings is 1. The Morgan fingerprint density at radius 1 is 0.969 bits per heavy atom. The molecule has 0 saturated carbocycles. The molecule has 0 radical (unpaired) electrons. The van der Waals surface area contributed by atoms with Gasteiger partial charge in [-0.05, 0) is 30.3 Å². The Morgan fingerprint density at radius 3 is 2.03 bits per heavy atom. The number of halogens is 6. The molecule has 1 amide bonds. The predicted molar refractivity (Wildman–Crippen MR) is 101 cm³/mol. The number of amides is 1. The number of carbonyl (C=O) groups excluding carboxylic acids is 1. The lowest BCUT2D eigenvalue weighted by molar-refractivity contribution is -0.384. The van der Waals surface area contributed by atoms with Crippen molar-refractivity contribution in [2.45, 2.75) is 12.4 Å². The number of nitro groups is 1. The molecule has 3 rings (SSSR count). The number of nitrogens with one attached hydrogen (secondary N) is 1. The van der Waals surface area contributed by atoms with E-state index in [1.54, 1.807) is 4.90 Å². The van der Waals surface area contributed by atoms with Crippen LogP contribution in [0.1, 0.15) is 21.5 Å². The number of rotatable bonds is 4. The van der Waals surface area contributed by atoms with Gasteiger partial charge in [0.25, 0.3) is 11.6 Å². The Balaban J connectivity index is 1.93. The molecule has 2 aromatic rings. The highest BCUT2D eigenvalue weighted by atomic mass is 19.4. The van der Waals surface area contributed by atoms with Crippen LogP contribution in [0.4, 0.5) is 43.4 Å². The lowest BCUT2D eigenvalue weighted by atomic mass is 10.1. The summed E-state index contributed by atoms with van der Waals surface area (Å²) in [5.74, 6) is -1.10. The molecule has 1 N–H and O–H groups in total. The minimum atomic E-state index is -5.08. The topological polar surface area (TPSA) is 84.7 Å². The Labute approximate surface area is 176 Å². The van der Waals surface area contributed by atoms with Crippen molar-refractivity contribution in [3.63, 3.8) is 0 Å². The molecule has 7 nitrogen and oxygen atoms in total. The van der Waals surface area contributed by atoms with Crippen LogP contribution in [0.25, 0.3) is 0 Å². The molecule has 172 valence electrons. The maximum absolute atomic E-state index is 13.0. The molecule has 1 aliphatic rings. The summed E-state index contributed by atoms with van der Waals surface area (Å²) in [5, 5.41) is 13.4. The van der Waals surface area contributed by atoms with Crippen LogP contribution < -0.4 is 10.2 Å². The molecule has 0 aromatic heterocycles. The van der Waals surface area contributed by atoms with E-state index in [2.05, 4.69) is 0 Å². The van der Waals surface area contributed by atoms with Gasteiger partial charge in [0.15, 0.2) is 0 Å². The summed E-state index contributed by atoms with van der Waals surface area (Å²) in [7, 11) is 0. The quantitative estimate of drug-likeness (QED) is 0.403. The number of anilines is 2. The van der Waals surface area contributed by atoms with E-state index in [9.17, 15) is 41.3 Å². The highest BCUT2D eigenvalue weighted by Crippen LogP contribution is 2.38. The fourth-order valence-electron chi connectivity index (χ4n) is 3.11. The van der Waals surface area contributed by atoms with E-state index in [0.29, 0.717) is 38.4 Å². The van der Waals surface area contributed by atoms with Crippen LogP contribution in [0.3, 0.4) is 0 Å². The summed E-state index contributed by atoms with van der Waals surface area (Å²) in [5.41, 5.74) is -4.47. The molecule has 0 spiro atoms. The second-order valence-corrected chi connectivity index (χ2v) is 6.81. The summed E-state index contributed by atoms with van der Waals surface area (Å²) in [4.78, 5) is 24.9. The van der Waals surface area contributed by atoms with Crippen LogP contribution >= 0.6 is 0 Å². The second kappa shape index (κ2) is 8.65. The van der Waals surface area contributed by atoms with Crippen LogP contribution in [0.2, 0.25) is 0 Å². The minimum Gasteiger partial charge on any atom is -0.378 e. The van der Waals surface area contributed by atoms with E-state index in [-0.39, 0.29) is 17.3 Å². The molecule has 0 aliphatic carbocycles. The first kappa shape index (κ1) is 23.3. The molecule has 1 saturated heterocycles. The zero-order valence-electron chi connectivity index (χ0n) is 16.1. The third-order valence-electron chi connectivity index (χ3n) is 4.63. The van der Waals surface area contributed by atoms with Gasteiger partial charge in [-0.15, -0.1) is 0 Å². The van der Waals surface area contributed by atoms with Crippen molar-refractivity contribution in [3.8, 4) is 0 Å². The molecule has 0 atom stereocenters. The van der Waals surface area contributed by atoms with E-state index in [1.165, 1.54) is 12.1 Å². The predicted octanol–water partition coefficient (Wildman–Crippen LogP) is 4.72. The van der Waals surface area contributed by atoms with Gasteiger partial charge in [-0.2, -0.15) is 26.3 Å². The first-order valence-corrected chi connectivity index (χ1v) is 9.08. The number of carbonyl (C=O) groups is 1. The molecule has 1 aliphatic heterocycles. The lowest BCUT2D eigenvalue weighted by Gasteiger charge is -2.28. The Morgan fingerprint density at radius 2 is 1.53 bits per heavy atom. The molecule has 0 bridgehead atoms. The summed E-state index contributed by atoms with van der Waals surface area (Å²) in [6, 6.07) is 4.04. The smallest absolute Gasteiger partial charge is 0.378 e. The van der Waals surface area contributed by atoms with Gasteiger partial charge >= 0.3 is 12.4 Å². The van der Waals surface area contributed by atoms with E-state index in [0.717, 1.165) is 6.07 Å². The van der Waals surface area contributed by atoms with E-state index in [1.807, 2.05) is 5.32 Å². The Hall–Kier alpha value is -3.35. The fraction of sp³-hybridized carbons (Fsp3) is 0.316. The van der Waals surface area contributed by atoms with Gasteiger partial charge in [-0.1, -0.05) is 0 Å². The van der Waals surface area contributed by atoms with Crippen molar-refractivity contribution in [2.24, 2.45) is 0 Å². The van der Waals surface area contributed by atoms with Crippen molar-refractivity contribution in [1.29, 1.82) is 0 Å². The van der Waals surface area contributed by atoms with Crippen molar-refractivity contribution < 1.29 is 40.8 Å². The van der Waals surface area contributed by atoms with Gasteiger partial charge in [-0.25, -0.2) is 0 Å². The van der Waals surface area contributed by atoms with Crippen LogP contribution in [0.5, 0.6) is 0 Å².